The highest BCUT2D eigenvalue weighted by molar-refractivity contribution is 6.02. The zero-order chi connectivity index (χ0) is 15.4. The number of amides is 1. The molecule has 0 fully saturated rings. The maximum absolute atomic E-state index is 12.1. The lowest BCUT2D eigenvalue weighted by Crippen LogP contribution is -2.10. The summed E-state index contributed by atoms with van der Waals surface area (Å²) in [6.07, 6.45) is 6.74. The average molecular weight is 301 g/mol. The third-order valence-electron chi connectivity index (χ3n) is 2.91. The van der Waals surface area contributed by atoms with Crippen LogP contribution in [0.4, 0.5) is 5.69 Å². The van der Waals surface area contributed by atoms with Gasteiger partial charge in [0.1, 0.15) is 12.5 Å². The Bertz CT molecular complexity index is 744. The number of methoxy groups -OCH3 is 1. The standard InChI is InChI=1S/C14H15N5O3/c1-21-10-19-8-11(7-16-19)17-14(20)13-4-3-12(22-13)9-18-6-2-5-15-18/h2-8H,9-10H2,1H3,(H,17,20). The number of carbonyl (C=O) groups is 1. The molecule has 0 unspecified atom stereocenters. The first kappa shape index (κ1) is 14.1. The van der Waals surface area contributed by atoms with Crippen molar-refractivity contribution in [1.82, 2.24) is 19.6 Å². The summed E-state index contributed by atoms with van der Waals surface area (Å²) in [5, 5.41) is 10.8. The second kappa shape index (κ2) is 6.27. The number of hydrogen-bond acceptors (Lipinski definition) is 5. The van der Waals surface area contributed by atoms with Gasteiger partial charge < -0.3 is 14.5 Å². The quantitative estimate of drug-likeness (QED) is 0.747. The molecular weight excluding hydrogens is 286 g/mol. The van der Waals surface area contributed by atoms with Crippen LogP contribution in [0.3, 0.4) is 0 Å². The van der Waals surface area contributed by atoms with Gasteiger partial charge in [-0.05, 0) is 18.2 Å². The van der Waals surface area contributed by atoms with E-state index in [1.165, 1.54) is 0 Å². The van der Waals surface area contributed by atoms with Crippen molar-refractivity contribution in [3.8, 4) is 0 Å². The van der Waals surface area contributed by atoms with Crippen LogP contribution in [0.1, 0.15) is 16.3 Å². The Morgan fingerprint density at radius 2 is 2.27 bits per heavy atom. The van der Waals surface area contributed by atoms with Gasteiger partial charge in [0.05, 0.1) is 24.6 Å². The molecule has 114 valence electrons. The summed E-state index contributed by atoms with van der Waals surface area (Å²) in [6, 6.07) is 5.22. The van der Waals surface area contributed by atoms with E-state index in [9.17, 15) is 4.79 Å². The third-order valence-corrected chi connectivity index (χ3v) is 2.91. The Hall–Kier alpha value is -2.87. The summed E-state index contributed by atoms with van der Waals surface area (Å²) in [5.74, 6) is 0.564. The number of carbonyl (C=O) groups excluding carboxylic acids is 1. The van der Waals surface area contributed by atoms with Crippen LogP contribution in [-0.4, -0.2) is 32.6 Å². The highest BCUT2D eigenvalue weighted by Gasteiger charge is 2.12. The molecule has 0 saturated carbocycles. The van der Waals surface area contributed by atoms with Crippen molar-refractivity contribution in [3.63, 3.8) is 0 Å². The topological polar surface area (TPSA) is 87.1 Å². The minimum atomic E-state index is -0.330. The lowest BCUT2D eigenvalue weighted by Gasteiger charge is -2.00. The number of hydrogen-bond donors (Lipinski definition) is 1. The highest BCUT2D eigenvalue weighted by Crippen LogP contribution is 2.12. The number of aromatic nitrogens is 4. The molecule has 3 aromatic rings. The summed E-state index contributed by atoms with van der Waals surface area (Å²) in [5.41, 5.74) is 0.576. The molecule has 1 amide bonds. The van der Waals surface area contributed by atoms with Crippen LogP contribution >= 0.6 is 0 Å². The molecule has 0 bridgehead atoms. The molecule has 0 radical (unpaired) electrons. The fourth-order valence-corrected chi connectivity index (χ4v) is 1.96. The van der Waals surface area contributed by atoms with Gasteiger partial charge in [0, 0.05) is 19.5 Å². The van der Waals surface area contributed by atoms with E-state index in [2.05, 4.69) is 15.5 Å². The van der Waals surface area contributed by atoms with E-state index in [-0.39, 0.29) is 11.7 Å². The number of nitrogens with zero attached hydrogens (tertiary/aromatic N) is 4. The van der Waals surface area contributed by atoms with Gasteiger partial charge in [0.25, 0.3) is 5.91 Å². The molecule has 3 rings (SSSR count). The van der Waals surface area contributed by atoms with Gasteiger partial charge in [-0.1, -0.05) is 0 Å². The molecule has 0 saturated heterocycles. The molecule has 8 heteroatoms. The monoisotopic (exact) mass is 301 g/mol. The molecule has 0 spiro atoms. The van der Waals surface area contributed by atoms with Gasteiger partial charge in [0.2, 0.25) is 0 Å². The van der Waals surface area contributed by atoms with Crippen LogP contribution in [-0.2, 0) is 18.0 Å². The lowest BCUT2D eigenvalue weighted by atomic mass is 10.4. The van der Waals surface area contributed by atoms with Gasteiger partial charge >= 0.3 is 0 Å². The Balaban J connectivity index is 1.63. The zero-order valence-corrected chi connectivity index (χ0v) is 12.0. The van der Waals surface area contributed by atoms with Crippen molar-refractivity contribution < 1.29 is 13.9 Å². The maximum atomic E-state index is 12.1. The van der Waals surface area contributed by atoms with E-state index in [1.54, 1.807) is 47.2 Å². The fourth-order valence-electron chi connectivity index (χ4n) is 1.96. The molecule has 0 aliphatic heterocycles. The van der Waals surface area contributed by atoms with Gasteiger partial charge in [-0.15, -0.1) is 0 Å². The first-order chi connectivity index (χ1) is 10.7. The molecule has 0 atom stereocenters. The highest BCUT2D eigenvalue weighted by atomic mass is 16.5. The van der Waals surface area contributed by atoms with Crippen LogP contribution in [0, 0.1) is 0 Å². The van der Waals surface area contributed by atoms with Crippen LogP contribution in [0.25, 0.3) is 0 Å². The second-order valence-electron chi connectivity index (χ2n) is 4.61. The van der Waals surface area contributed by atoms with E-state index >= 15 is 0 Å². The molecule has 0 aliphatic carbocycles. The van der Waals surface area contributed by atoms with Crippen LogP contribution in [0.2, 0.25) is 0 Å². The molecule has 8 nitrogen and oxygen atoms in total. The molecular formula is C14H15N5O3. The number of rotatable bonds is 6. The Morgan fingerprint density at radius 3 is 3.05 bits per heavy atom. The molecule has 3 aromatic heterocycles. The first-order valence-corrected chi connectivity index (χ1v) is 6.63. The summed E-state index contributed by atoms with van der Waals surface area (Å²) in [6.45, 7) is 0.802. The number of nitrogens with one attached hydrogen (secondary N) is 1. The lowest BCUT2D eigenvalue weighted by molar-refractivity contribution is 0.0994. The number of ether oxygens (including phenoxy) is 1. The Kier molecular flexibility index (Phi) is 4.01. The van der Waals surface area contributed by atoms with E-state index in [1.807, 2.05) is 12.3 Å². The molecule has 0 aliphatic rings. The minimum absolute atomic E-state index is 0.238. The van der Waals surface area contributed by atoms with Gasteiger partial charge in [-0.25, -0.2) is 4.68 Å². The summed E-state index contributed by atoms with van der Waals surface area (Å²) < 4.78 is 13.8. The van der Waals surface area contributed by atoms with Crippen molar-refractivity contribution >= 4 is 11.6 Å². The van der Waals surface area contributed by atoms with Gasteiger partial charge in [0.15, 0.2) is 5.76 Å². The Labute approximate surface area is 126 Å². The van der Waals surface area contributed by atoms with Crippen molar-refractivity contribution in [2.75, 3.05) is 12.4 Å². The average Bonchev–Trinajstić information content (AvgIpc) is 3.22. The first-order valence-electron chi connectivity index (χ1n) is 6.63. The normalized spacial score (nSPS) is 10.8. The van der Waals surface area contributed by atoms with Gasteiger partial charge in [-0.3, -0.25) is 9.48 Å². The minimum Gasteiger partial charge on any atom is -0.454 e. The van der Waals surface area contributed by atoms with Crippen LogP contribution in [0.5, 0.6) is 0 Å². The van der Waals surface area contributed by atoms with E-state index in [4.69, 9.17) is 9.15 Å². The zero-order valence-electron chi connectivity index (χ0n) is 12.0. The van der Waals surface area contributed by atoms with Crippen molar-refractivity contribution in [2.24, 2.45) is 0 Å². The van der Waals surface area contributed by atoms with Gasteiger partial charge in [-0.2, -0.15) is 10.2 Å². The SMILES string of the molecule is COCn1cc(NC(=O)c2ccc(Cn3cccn3)o2)cn1. The van der Waals surface area contributed by atoms with E-state index in [0.717, 1.165) is 0 Å². The van der Waals surface area contributed by atoms with Crippen molar-refractivity contribution in [2.45, 2.75) is 13.3 Å². The third kappa shape index (κ3) is 3.23. The second-order valence-corrected chi connectivity index (χ2v) is 4.61. The number of furan rings is 1. The molecule has 3 heterocycles. The molecule has 0 aromatic carbocycles. The van der Waals surface area contributed by atoms with Crippen molar-refractivity contribution in [1.29, 1.82) is 0 Å². The summed E-state index contributed by atoms with van der Waals surface area (Å²) >= 11 is 0. The largest absolute Gasteiger partial charge is 0.454 e. The number of anilines is 1. The molecule has 1 N–H and O–H groups in total. The smallest absolute Gasteiger partial charge is 0.291 e. The van der Waals surface area contributed by atoms with Crippen molar-refractivity contribution in [3.05, 3.63) is 54.5 Å². The summed E-state index contributed by atoms with van der Waals surface area (Å²) in [4.78, 5) is 12.1. The van der Waals surface area contributed by atoms with Crippen LogP contribution in [0.15, 0.2) is 47.4 Å². The summed E-state index contributed by atoms with van der Waals surface area (Å²) in [7, 11) is 1.57. The molecule has 22 heavy (non-hydrogen) atoms. The fraction of sp³-hybridized carbons (Fsp3) is 0.214. The van der Waals surface area contributed by atoms with Crippen LogP contribution < -0.4 is 5.32 Å². The van der Waals surface area contributed by atoms with E-state index in [0.29, 0.717) is 24.7 Å². The predicted molar refractivity (Wildman–Crippen MR) is 77.2 cm³/mol. The van der Waals surface area contributed by atoms with E-state index < -0.39 is 0 Å². The predicted octanol–water partition coefficient (Wildman–Crippen LogP) is 1.58. The Morgan fingerprint density at radius 1 is 1.36 bits per heavy atom. The maximum Gasteiger partial charge on any atom is 0.291 e.